The van der Waals surface area contributed by atoms with E-state index < -0.39 is 10.0 Å². The largest absolute Gasteiger partial charge is 0.274 e. The molecule has 18 heavy (non-hydrogen) atoms. The number of hydrogen-bond acceptors (Lipinski definition) is 3. The molecular formula is C13H23NO3S. The van der Waals surface area contributed by atoms with E-state index in [9.17, 15) is 13.2 Å². The summed E-state index contributed by atoms with van der Waals surface area (Å²) in [7, 11) is -3.40. The standard InChI is InChI=1S/C13H23NO3S/c1-5-7-13-9-18(16,17)14(11(15)6-2)10(13)8-12(13,3)4/h10H,5-9H2,1-4H3/t10?,13-/m0/s1. The van der Waals surface area contributed by atoms with E-state index in [1.54, 1.807) is 6.92 Å². The van der Waals surface area contributed by atoms with E-state index in [0.717, 1.165) is 19.3 Å². The van der Waals surface area contributed by atoms with Crippen LogP contribution in [0.1, 0.15) is 53.4 Å². The molecule has 2 aliphatic rings. The third kappa shape index (κ3) is 1.55. The summed E-state index contributed by atoms with van der Waals surface area (Å²) >= 11 is 0. The maximum absolute atomic E-state index is 12.3. The first kappa shape index (κ1) is 13.8. The minimum atomic E-state index is -3.40. The predicted octanol–water partition coefficient (Wildman–Crippen LogP) is 2.15. The van der Waals surface area contributed by atoms with Crippen LogP contribution in [-0.2, 0) is 14.8 Å². The van der Waals surface area contributed by atoms with E-state index in [1.807, 2.05) is 0 Å². The van der Waals surface area contributed by atoms with Crippen molar-refractivity contribution in [3.63, 3.8) is 0 Å². The Morgan fingerprint density at radius 3 is 2.39 bits per heavy atom. The molecule has 1 aliphatic carbocycles. The zero-order valence-electron chi connectivity index (χ0n) is 11.7. The fourth-order valence-electron chi connectivity index (χ4n) is 3.90. The van der Waals surface area contributed by atoms with Crippen LogP contribution in [0, 0.1) is 10.8 Å². The molecule has 1 saturated heterocycles. The van der Waals surface area contributed by atoms with Crippen LogP contribution in [0.3, 0.4) is 0 Å². The van der Waals surface area contributed by atoms with Crippen molar-refractivity contribution < 1.29 is 13.2 Å². The topological polar surface area (TPSA) is 54.5 Å². The van der Waals surface area contributed by atoms with Crippen LogP contribution in [-0.4, -0.2) is 30.4 Å². The Morgan fingerprint density at radius 2 is 1.94 bits per heavy atom. The molecule has 2 rings (SSSR count). The molecule has 4 nitrogen and oxygen atoms in total. The van der Waals surface area contributed by atoms with Crippen molar-refractivity contribution in [3.8, 4) is 0 Å². The second-order valence-corrected chi connectivity index (χ2v) is 8.16. The number of nitrogens with zero attached hydrogens (tertiary/aromatic N) is 1. The van der Waals surface area contributed by atoms with Crippen LogP contribution in [0.15, 0.2) is 0 Å². The molecule has 2 fully saturated rings. The summed E-state index contributed by atoms with van der Waals surface area (Å²) in [6, 6.07) is -0.0927. The van der Waals surface area contributed by atoms with Crippen LogP contribution >= 0.6 is 0 Å². The van der Waals surface area contributed by atoms with Crippen molar-refractivity contribution >= 4 is 15.9 Å². The lowest BCUT2D eigenvalue weighted by molar-refractivity contribution is -0.141. The third-order valence-electron chi connectivity index (χ3n) is 4.96. The fourth-order valence-corrected chi connectivity index (χ4v) is 6.52. The monoisotopic (exact) mass is 273 g/mol. The highest BCUT2D eigenvalue weighted by molar-refractivity contribution is 7.90. The quantitative estimate of drug-likeness (QED) is 0.791. The number of carbonyl (C=O) groups excluding carboxylic acids is 1. The highest BCUT2D eigenvalue weighted by Crippen LogP contribution is 2.65. The van der Waals surface area contributed by atoms with Crippen LogP contribution in [0.2, 0.25) is 0 Å². The Balaban J connectivity index is 2.43. The molecule has 1 unspecified atom stereocenters. The van der Waals surface area contributed by atoms with Gasteiger partial charge >= 0.3 is 0 Å². The lowest BCUT2D eigenvalue weighted by Gasteiger charge is -2.59. The molecule has 0 N–H and O–H groups in total. The molecule has 1 heterocycles. The number of fused-ring (bicyclic) bond motifs is 1. The number of hydrogen-bond donors (Lipinski definition) is 0. The van der Waals surface area contributed by atoms with Gasteiger partial charge in [0.1, 0.15) is 0 Å². The zero-order valence-corrected chi connectivity index (χ0v) is 12.5. The third-order valence-corrected chi connectivity index (χ3v) is 6.89. The molecule has 5 heteroatoms. The number of rotatable bonds is 3. The summed E-state index contributed by atoms with van der Waals surface area (Å²) in [6.07, 6.45) is 2.91. The Morgan fingerprint density at radius 1 is 1.33 bits per heavy atom. The van der Waals surface area contributed by atoms with Crippen molar-refractivity contribution in [2.24, 2.45) is 10.8 Å². The van der Waals surface area contributed by atoms with Gasteiger partial charge in [-0.3, -0.25) is 4.79 Å². The van der Waals surface area contributed by atoms with Gasteiger partial charge in [0.2, 0.25) is 15.9 Å². The number of amides is 1. The lowest BCUT2D eigenvalue weighted by atomic mass is 9.47. The van der Waals surface area contributed by atoms with Gasteiger partial charge in [-0.25, -0.2) is 12.7 Å². The van der Waals surface area contributed by atoms with E-state index in [4.69, 9.17) is 0 Å². The predicted molar refractivity (Wildman–Crippen MR) is 70.5 cm³/mol. The highest BCUT2D eigenvalue weighted by Gasteiger charge is 2.70. The average Bonchev–Trinajstić information content (AvgIpc) is 2.44. The highest BCUT2D eigenvalue weighted by atomic mass is 32.2. The van der Waals surface area contributed by atoms with Gasteiger partial charge in [0.25, 0.3) is 0 Å². The van der Waals surface area contributed by atoms with E-state index in [0.29, 0.717) is 0 Å². The fraction of sp³-hybridized carbons (Fsp3) is 0.923. The summed E-state index contributed by atoms with van der Waals surface area (Å²) in [5, 5.41) is 0. The molecule has 0 aromatic heterocycles. The van der Waals surface area contributed by atoms with Gasteiger partial charge in [0.15, 0.2) is 0 Å². The number of carbonyl (C=O) groups is 1. The van der Waals surface area contributed by atoms with Crippen molar-refractivity contribution in [3.05, 3.63) is 0 Å². The smallest absolute Gasteiger partial charge is 0.238 e. The van der Waals surface area contributed by atoms with E-state index >= 15 is 0 Å². The maximum Gasteiger partial charge on any atom is 0.238 e. The molecule has 0 bridgehead atoms. The van der Waals surface area contributed by atoms with Crippen molar-refractivity contribution in [1.29, 1.82) is 0 Å². The molecule has 1 amide bonds. The van der Waals surface area contributed by atoms with Crippen molar-refractivity contribution in [2.75, 3.05) is 5.75 Å². The lowest BCUT2D eigenvalue weighted by Crippen LogP contribution is -2.61. The Bertz CT molecular complexity index is 469. The van der Waals surface area contributed by atoms with Crippen molar-refractivity contribution in [1.82, 2.24) is 4.31 Å². The van der Waals surface area contributed by atoms with Crippen LogP contribution in [0.4, 0.5) is 0 Å². The van der Waals surface area contributed by atoms with Gasteiger partial charge in [0, 0.05) is 11.8 Å². The van der Waals surface area contributed by atoms with Gasteiger partial charge in [0.05, 0.1) is 11.8 Å². The first-order valence-corrected chi connectivity index (χ1v) is 8.38. The minimum absolute atomic E-state index is 0.0174. The maximum atomic E-state index is 12.3. The van der Waals surface area contributed by atoms with E-state index in [2.05, 4.69) is 20.8 Å². The van der Waals surface area contributed by atoms with Crippen LogP contribution in [0.5, 0.6) is 0 Å². The van der Waals surface area contributed by atoms with Crippen LogP contribution < -0.4 is 0 Å². The Labute approximate surface area is 110 Å². The molecule has 1 saturated carbocycles. The van der Waals surface area contributed by atoms with Crippen LogP contribution in [0.25, 0.3) is 0 Å². The summed E-state index contributed by atoms with van der Waals surface area (Å²) in [5.74, 6) is -0.0921. The molecule has 1 aliphatic heterocycles. The minimum Gasteiger partial charge on any atom is -0.274 e. The Hall–Kier alpha value is -0.580. The first-order valence-electron chi connectivity index (χ1n) is 6.77. The molecule has 0 spiro atoms. The molecule has 0 aromatic carbocycles. The summed E-state index contributed by atoms with van der Waals surface area (Å²) in [5.41, 5.74) is -0.199. The van der Waals surface area contributed by atoms with Crippen molar-refractivity contribution in [2.45, 2.75) is 59.4 Å². The second-order valence-electron chi connectivity index (χ2n) is 6.31. The summed E-state index contributed by atoms with van der Waals surface area (Å²) < 4.78 is 25.8. The molecule has 104 valence electrons. The molecule has 0 radical (unpaired) electrons. The normalized spacial score (nSPS) is 36.0. The molecular weight excluding hydrogens is 250 g/mol. The van der Waals surface area contributed by atoms with Gasteiger partial charge in [-0.15, -0.1) is 0 Å². The van der Waals surface area contributed by atoms with Gasteiger partial charge in [-0.2, -0.15) is 0 Å². The SMILES string of the molecule is CCC[C@]12CS(=O)(=O)N(C(=O)CC)C1CC2(C)C. The summed E-state index contributed by atoms with van der Waals surface area (Å²) in [6.45, 7) is 8.07. The second kappa shape index (κ2) is 3.95. The zero-order chi connectivity index (χ0) is 13.8. The molecule has 2 atom stereocenters. The van der Waals surface area contributed by atoms with E-state index in [1.165, 1.54) is 4.31 Å². The number of sulfonamides is 1. The molecule has 0 aromatic rings. The van der Waals surface area contributed by atoms with E-state index in [-0.39, 0.29) is 35.0 Å². The first-order chi connectivity index (χ1) is 8.22. The van der Waals surface area contributed by atoms with Gasteiger partial charge in [-0.05, 0) is 18.3 Å². The Kier molecular flexibility index (Phi) is 3.04. The average molecular weight is 273 g/mol. The summed E-state index contributed by atoms with van der Waals surface area (Å²) in [4.78, 5) is 11.9. The van der Waals surface area contributed by atoms with Gasteiger partial charge in [-0.1, -0.05) is 34.1 Å². The van der Waals surface area contributed by atoms with Gasteiger partial charge < -0.3 is 0 Å².